The number of benzene rings is 1. The maximum atomic E-state index is 12.7. The molecule has 1 aromatic rings. The van der Waals surface area contributed by atoms with Gasteiger partial charge >= 0.3 is 0 Å². The van der Waals surface area contributed by atoms with E-state index in [0.717, 1.165) is 43.5 Å². The summed E-state index contributed by atoms with van der Waals surface area (Å²) >= 11 is 0. The molecule has 2 aliphatic rings. The Morgan fingerprint density at radius 3 is 2.56 bits per heavy atom. The van der Waals surface area contributed by atoms with Gasteiger partial charge in [0.1, 0.15) is 0 Å². The van der Waals surface area contributed by atoms with Crippen molar-refractivity contribution in [1.29, 1.82) is 0 Å². The number of carbonyl (C=O) groups excluding carboxylic acids is 1. The molecule has 1 amide bonds. The fourth-order valence-corrected chi connectivity index (χ4v) is 4.08. The Labute approximate surface area is 148 Å². The Bertz CT molecular complexity index is 774. The largest absolute Gasteiger partial charge is 0.337 e. The topological polar surface area (TPSA) is 82.1 Å². The Hall–Kier alpha value is -1.93. The van der Waals surface area contributed by atoms with E-state index in [9.17, 15) is 13.2 Å². The third kappa shape index (κ3) is 4.58. The summed E-state index contributed by atoms with van der Waals surface area (Å²) in [4.78, 5) is 14.4. The number of hydrogen-bond acceptors (Lipinski definition) is 5. The van der Waals surface area contributed by atoms with Gasteiger partial charge in [-0.2, -0.15) is 5.10 Å². The van der Waals surface area contributed by atoms with E-state index in [1.807, 2.05) is 36.2 Å². The van der Waals surface area contributed by atoms with E-state index in [2.05, 4.69) is 9.82 Å². The molecule has 8 heteroatoms. The van der Waals surface area contributed by atoms with Crippen LogP contribution in [0.4, 0.5) is 5.69 Å². The summed E-state index contributed by atoms with van der Waals surface area (Å²) in [5.74, 6) is -0.0624. The van der Waals surface area contributed by atoms with E-state index in [1.54, 1.807) is 4.90 Å². The number of piperidine rings is 1. The van der Waals surface area contributed by atoms with Gasteiger partial charge in [0.2, 0.25) is 10.0 Å². The van der Waals surface area contributed by atoms with Crippen molar-refractivity contribution in [3.8, 4) is 0 Å². The van der Waals surface area contributed by atoms with E-state index in [1.165, 1.54) is 0 Å². The van der Waals surface area contributed by atoms with Crippen molar-refractivity contribution in [3.63, 3.8) is 0 Å². The third-order valence-corrected chi connectivity index (χ3v) is 5.24. The molecule has 1 N–H and O–H groups in total. The summed E-state index contributed by atoms with van der Waals surface area (Å²) in [7, 11) is -3.26. The number of rotatable bonds is 4. The zero-order valence-electron chi connectivity index (χ0n) is 14.6. The molecule has 7 nitrogen and oxygen atoms in total. The van der Waals surface area contributed by atoms with Crippen LogP contribution < -0.4 is 9.73 Å². The van der Waals surface area contributed by atoms with E-state index < -0.39 is 10.0 Å². The number of nitrogens with one attached hydrogen (secondary N) is 1. The lowest BCUT2D eigenvalue weighted by atomic mass is 10.1. The predicted molar refractivity (Wildman–Crippen MR) is 98.4 cm³/mol. The average molecular weight is 364 g/mol. The van der Waals surface area contributed by atoms with Crippen molar-refractivity contribution in [2.45, 2.75) is 32.2 Å². The predicted octanol–water partition coefficient (Wildman–Crippen LogP) is 1.43. The quantitative estimate of drug-likeness (QED) is 0.876. The van der Waals surface area contributed by atoms with Gasteiger partial charge in [-0.05, 0) is 44.0 Å². The number of amides is 1. The Kier molecular flexibility index (Phi) is 5.10. The van der Waals surface area contributed by atoms with Crippen molar-refractivity contribution in [3.05, 3.63) is 29.8 Å². The Morgan fingerprint density at radius 2 is 1.96 bits per heavy atom. The van der Waals surface area contributed by atoms with Crippen LogP contribution in [0.1, 0.15) is 36.5 Å². The molecule has 0 aliphatic carbocycles. The number of likely N-dealkylation sites (tertiary alicyclic amines) is 1. The van der Waals surface area contributed by atoms with Crippen LogP contribution in [0.3, 0.4) is 0 Å². The van der Waals surface area contributed by atoms with Gasteiger partial charge in [-0.25, -0.2) is 13.1 Å². The standard InChI is InChI=1S/C17H24N4O3S/c1-13-9-11-21(18-13)16-7-5-14(6-8-16)17(22)20-10-3-4-15(12-20)19-25(2,23)24/h5-8,15,19H,3-4,9-12H2,1-2H3/t15-/m1/s1. The van der Waals surface area contributed by atoms with E-state index in [0.29, 0.717) is 18.7 Å². The number of hydrogen-bond donors (Lipinski definition) is 1. The first-order valence-electron chi connectivity index (χ1n) is 8.50. The van der Waals surface area contributed by atoms with E-state index in [4.69, 9.17) is 0 Å². The number of anilines is 1. The molecule has 0 bridgehead atoms. The molecule has 0 unspecified atom stereocenters. The Balaban J connectivity index is 1.66. The van der Waals surface area contributed by atoms with Gasteiger partial charge in [0.05, 0.1) is 11.9 Å². The molecule has 3 rings (SSSR count). The van der Waals surface area contributed by atoms with Crippen LogP contribution in [-0.2, 0) is 10.0 Å². The van der Waals surface area contributed by atoms with Crippen molar-refractivity contribution in [1.82, 2.24) is 9.62 Å². The maximum absolute atomic E-state index is 12.7. The summed E-state index contributed by atoms with van der Waals surface area (Å²) < 4.78 is 25.4. The molecule has 0 aromatic heterocycles. The molecule has 0 spiro atoms. The highest BCUT2D eigenvalue weighted by atomic mass is 32.2. The summed E-state index contributed by atoms with van der Waals surface area (Å²) in [6.07, 6.45) is 3.65. The number of sulfonamides is 1. The third-order valence-electron chi connectivity index (χ3n) is 4.48. The molecule has 1 aromatic carbocycles. The second-order valence-corrected chi connectivity index (χ2v) is 8.52. The van der Waals surface area contributed by atoms with Crippen LogP contribution in [0.5, 0.6) is 0 Å². The molecule has 1 atom stereocenters. The molecule has 2 aliphatic heterocycles. The van der Waals surface area contributed by atoms with Crippen LogP contribution >= 0.6 is 0 Å². The van der Waals surface area contributed by atoms with Crippen molar-refractivity contribution < 1.29 is 13.2 Å². The zero-order valence-corrected chi connectivity index (χ0v) is 15.4. The first kappa shape index (κ1) is 17.9. The molecule has 0 radical (unpaired) electrons. The van der Waals surface area contributed by atoms with Crippen LogP contribution in [0.15, 0.2) is 29.4 Å². The lowest BCUT2D eigenvalue weighted by molar-refractivity contribution is 0.0703. The van der Waals surface area contributed by atoms with Gasteiger partial charge in [-0.1, -0.05) is 0 Å². The molecule has 1 saturated heterocycles. The second-order valence-electron chi connectivity index (χ2n) is 6.74. The monoisotopic (exact) mass is 364 g/mol. The zero-order chi connectivity index (χ0) is 18.0. The van der Waals surface area contributed by atoms with Crippen LogP contribution in [-0.4, -0.2) is 56.9 Å². The van der Waals surface area contributed by atoms with Crippen molar-refractivity contribution >= 4 is 27.3 Å². The average Bonchev–Trinajstić information content (AvgIpc) is 2.99. The van der Waals surface area contributed by atoms with Gasteiger partial charge in [0, 0.05) is 43.4 Å². The molecule has 1 fully saturated rings. The van der Waals surface area contributed by atoms with Gasteiger partial charge in [0.25, 0.3) is 5.91 Å². The molecule has 2 heterocycles. The lowest BCUT2D eigenvalue weighted by Gasteiger charge is -2.32. The Morgan fingerprint density at radius 1 is 1.24 bits per heavy atom. The van der Waals surface area contributed by atoms with Crippen molar-refractivity contribution in [2.24, 2.45) is 5.10 Å². The minimum Gasteiger partial charge on any atom is -0.337 e. The summed E-state index contributed by atoms with van der Waals surface area (Å²) in [5.41, 5.74) is 2.70. The number of hydrazone groups is 1. The molecular weight excluding hydrogens is 340 g/mol. The number of carbonyl (C=O) groups is 1. The normalized spacial score (nSPS) is 21.4. The highest BCUT2D eigenvalue weighted by Crippen LogP contribution is 2.21. The smallest absolute Gasteiger partial charge is 0.253 e. The fraction of sp³-hybridized carbons (Fsp3) is 0.529. The van der Waals surface area contributed by atoms with Crippen LogP contribution in [0.2, 0.25) is 0 Å². The van der Waals surface area contributed by atoms with Crippen LogP contribution in [0.25, 0.3) is 0 Å². The van der Waals surface area contributed by atoms with Gasteiger partial charge in [-0.3, -0.25) is 9.80 Å². The highest BCUT2D eigenvalue weighted by molar-refractivity contribution is 7.88. The van der Waals surface area contributed by atoms with Gasteiger partial charge in [0.15, 0.2) is 0 Å². The summed E-state index contributed by atoms with van der Waals surface area (Å²) in [5, 5.41) is 6.40. The molecule has 136 valence electrons. The van der Waals surface area contributed by atoms with Gasteiger partial charge < -0.3 is 4.90 Å². The van der Waals surface area contributed by atoms with E-state index in [-0.39, 0.29) is 11.9 Å². The van der Waals surface area contributed by atoms with E-state index >= 15 is 0 Å². The minimum atomic E-state index is -3.26. The highest BCUT2D eigenvalue weighted by Gasteiger charge is 2.26. The fourth-order valence-electron chi connectivity index (χ4n) is 3.28. The molecule has 25 heavy (non-hydrogen) atoms. The first-order valence-corrected chi connectivity index (χ1v) is 10.4. The maximum Gasteiger partial charge on any atom is 0.253 e. The molecule has 0 saturated carbocycles. The van der Waals surface area contributed by atoms with Crippen LogP contribution in [0, 0.1) is 0 Å². The van der Waals surface area contributed by atoms with Gasteiger partial charge in [-0.15, -0.1) is 0 Å². The second kappa shape index (κ2) is 7.13. The van der Waals surface area contributed by atoms with Crippen molar-refractivity contribution in [2.75, 3.05) is 30.9 Å². The molecular formula is C17H24N4O3S. The summed E-state index contributed by atoms with van der Waals surface area (Å²) in [6, 6.07) is 7.23. The SMILES string of the molecule is CC1=NN(c2ccc(C(=O)N3CCC[C@@H](NS(C)(=O)=O)C3)cc2)CC1. The first-order chi connectivity index (χ1) is 11.8. The lowest BCUT2D eigenvalue weighted by Crippen LogP contribution is -2.49. The minimum absolute atomic E-state index is 0.0624. The number of nitrogens with zero attached hydrogens (tertiary/aromatic N) is 3. The summed E-state index contributed by atoms with van der Waals surface area (Å²) in [6.45, 7) is 3.93.